The minimum atomic E-state index is -0.472. The highest BCUT2D eigenvalue weighted by molar-refractivity contribution is 7.71. The second kappa shape index (κ2) is 8.14. The predicted octanol–water partition coefficient (Wildman–Crippen LogP) is 4.48. The van der Waals surface area contributed by atoms with Crippen LogP contribution in [0.2, 0.25) is 0 Å². The van der Waals surface area contributed by atoms with Crippen molar-refractivity contribution in [2.45, 2.75) is 26.7 Å². The van der Waals surface area contributed by atoms with Crippen LogP contribution in [0.5, 0.6) is 5.88 Å². The minimum absolute atomic E-state index is 0.0698. The molecule has 0 atom stereocenters. The highest BCUT2D eigenvalue weighted by atomic mass is 32.1. The maximum atomic E-state index is 12.4. The highest BCUT2D eigenvalue weighted by Crippen LogP contribution is 2.26. The molecule has 5 nitrogen and oxygen atoms in total. The molecule has 6 heteroatoms. The molecule has 0 aliphatic rings. The normalized spacial score (nSPS) is 11.2. The van der Waals surface area contributed by atoms with Crippen LogP contribution < -0.4 is 5.56 Å². The molecule has 0 saturated carbocycles. The summed E-state index contributed by atoms with van der Waals surface area (Å²) in [6.07, 6.45) is 3.08. The van der Waals surface area contributed by atoms with Gasteiger partial charge < -0.3 is 5.11 Å². The molecular weight excluding hydrogens is 358 g/mol. The number of H-pyrrole nitrogens is 1. The molecule has 0 spiro atoms. The van der Waals surface area contributed by atoms with E-state index in [2.05, 4.69) is 23.8 Å². The first-order chi connectivity index (χ1) is 13.1. The van der Waals surface area contributed by atoms with Gasteiger partial charge >= 0.3 is 0 Å². The van der Waals surface area contributed by atoms with Crippen molar-refractivity contribution < 1.29 is 5.11 Å². The number of hydrogen-bond acceptors (Lipinski definition) is 4. The summed E-state index contributed by atoms with van der Waals surface area (Å²) in [5, 5.41) is 10.7. The Morgan fingerprint density at radius 1 is 1.07 bits per heavy atom. The summed E-state index contributed by atoms with van der Waals surface area (Å²) in [5.41, 5.74) is 3.29. The SMILES string of the molecule is CCc1cccc(CC)c1N=Cc1c(O)n(-c2ccccc2)c(=S)[nH]c1=O. The van der Waals surface area contributed by atoms with Crippen LogP contribution in [0.15, 0.2) is 58.3 Å². The fourth-order valence-corrected chi connectivity index (χ4v) is 3.27. The molecule has 2 aromatic carbocycles. The topological polar surface area (TPSA) is 70.4 Å². The van der Waals surface area contributed by atoms with Crippen LogP contribution in [0.1, 0.15) is 30.5 Å². The quantitative estimate of drug-likeness (QED) is 0.507. The number of aromatic amines is 1. The van der Waals surface area contributed by atoms with Crippen LogP contribution in [0.3, 0.4) is 0 Å². The predicted molar refractivity (Wildman–Crippen MR) is 111 cm³/mol. The van der Waals surface area contributed by atoms with Crippen molar-refractivity contribution >= 4 is 24.1 Å². The van der Waals surface area contributed by atoms with E-state index in [1.54, 1.807) is 12.1 Å². The lowest BCUT2D eigenvalue weighted by Gasteiger charge is -2.11. The summed E-state index contributed by atoms with van der Waals surface area (Å²) in [6.45, 7) is 4.13. The maximum absolute atomic E-state index is 12.4. The van der Waals surface area contributed by atoms with Gasteiger partial charge in [0.2, 0.25) is 5.88 Å². The molecule has 3 rings (SSSR count). The summed E-state index contributed by atoms with van der Waals surface area (Å²) >= 11 is 5.23. The second-order valence-corrected chi connectivity index (χ2v) is 6.44. The lowest BCUT2D eigenvalue weighted by molar-refractivity contribution is 0.432. The van der Waals surface area contributed by atoms with E-state index in [-0.39, 0.29) is 16.2 Å². The first-order valence-corrected chi connectivity index (χ1v) is 9.26. The molecule has 27 heavy (non-hydrogen) atoms. The number of benzene rings is 2. The molecule has 0 saturated heterocycles. The van der Waals surface area contributed by atoms with Crippen molar-refractivity contribution in [1.82, 2.24) is 9.55 Å². The molecule has 2 N–H and O–H groups in total. The maximum Gasteiger partial charge on any atom is 0.264 e. The van der Waals surface area contributed by atoms with Crippen molar-refractivity contribution in [2.75, 3.05) is 0 Å². The Balaban J connectivity index is 2.16. The van der Waals surface area contributed by atoms with E-state index >= 15 is 0 Å². The molecule has 0 fully saturated rings. The van der Waals surface area contributed by atoms with E-state index in [0.717, 1.165) is 29.7 Å². The van der Waals surface area contributed by atoms with Crippen LogP contribution in [0, 0.1) is 4.77 Å². The summed E-state index contributed by atoms with van der Waals surface area (Å²) < 4.78 is 1.55. The van der Waals surface area contributed by atoms with Crippen LogP contribution in [-0.4, -0.2) is 20.9 Å². The standard InChI is InChI=1S/C21H21N3O2S/c1-3-14-9-8-10-15(4-2)18(14)22-13-17-19(25)23-21(27)24(20(17)26)16-11-6-5-7-12-16/h5-13,26H,3-4H2,1-2H3,(H,23,25,27). The summed E-state index contributed by atoms with van der Waals surface area (Å²) in [7, 11) is 0. The third kappa shape index (κ3) is 3.75. The van der Waals surface area contributed by atoms with Gasteiger partial charge in [0.25, 0.3) is 5.56 Å². The second-order valence-electron chi connectivity index (χ2n) is 6.06. The summed E-state index contributed by atoms with van der Waals surface area (Å²) in [6, 6.07) is 15.2. The number of nitrogens with one attached hydrogen (secondary N) is 1. The zero-order chi connectivity index (χ0) is 19.4. The number of aryl methyl sites for hydroxylation is 2. The number of aromatic hydroxyl groups is 1. The number of hydrogen-bond donors (Lipinski definition) is 2. The molecule has 0 unspecified atom stereocenters. The Hall–Kier alpha value is -2.99. The molecule has 0 aliphatic carbocycles. The first kappa shape index (κ1) is 18.8. The van der Waals surface area contributed by atoms with Gasteiger partial charge in [0.05, 0.1) is 11.4 Å². The fourth-order valence-electron chi connectivity index (χ4n) is 2.98. The van der Waals surface area contributed by atoms with Crippen LogP contribution in [0.4, 0.5) is 5.69 Å². The highest BCUT2D eigenvalue weighted by Gasteiger charge is 2.13. The van der Waals surface area contributed by atoms with E-state index in [0.29, 0.717) is 5.69 Å². The molecule has 1 aromatic heterocycles. The van der Waals surface area contributed by atoms with Gasteiger partial charge in [-0.2, -0.15) is 0 Å². The smallest absolute Gasteiger partial charge is 0.264 e. The van der Waals surface area contributed by atoms with Gasteiger partial charge in [0.1, 0.15) is 5.56 Å². The molecule has 0 radical (unpaired) electrons. The van der Waals surface area contributed by atoms with E-state index in [4.69, 9.17) is 12.2 Å². The Bertz CT molecular complexity index is 1080. The Kier molecular flexibility index (Phi) is 5.66. The third-order valence-corrected chi connectivity index (χ3v) is 4.71. The monoisotopic (exact) mass is 379 g/mol. The van der Waals surface area contributed by atoms with Gasteiger partial charge in [-0.1, -0.05) is 50.2 Å². The zero-order valence-electron chi connectivity index (χ0n) is 15.3. The zero-order valence-corrected chi connectivity index (χ0v) is 16.1. The van der Waals surface area contributed by atoms with Crippen molar-refractivity contribution in [1.29, 1.82) is 0 Å². The molecule has 3 aromatic rings. The van der Waals surface area contributed by atoms with Gasteiger partial charge in [0, 0.05) is 6.21 Å². The lowest BCUT2D eigenvalue weighted by atomic mass is 10.0. The molecule has 1 heterocycles. The van der Waals surface area contributed by atoms with Crippen molar-refractivity contribution in [3.8, 4) is 11.6 Å². The summed E-state index contributed by atoms with van der Waals surface area (Å²) in [4.78, 5) is 19.6. The van der Waals surface area contributed by atoms with Gasteiger partial charge in [-0.15, -0.1) is 0 Å². The number of para-hydroxylation sites is 2. The molecule has 0 amide bonds. The summed E-state index contributed by atoms with van der Waals surface area (Å²) in [5.74, 6) is -0.231. The molecule has 0 bridgehead atoms. The first-order valence-electron chi connectivity index (χ1n) is 8.85. The largest absolute Gasteiger partial charge is 0.494 e. The molecule has 138 valence electrons. The number of aromatic nitrogens is 2. The average Bonchev–Trinajstić information content (AvgIpc) is 2.68. The molecule has 0 aliphatic heterocycles. The number of rotatable bonds is 5. The van der Waals surface area contributed by atoms with Crippen LogP contribution in [-0.2, 0) is 12.8 Å². The van der Waals surface area contributed by atoms with Crippen molar-refractivity contribution in [3.63, 3.8) is 0 Å². The minimum Gasteiger partial charge on any atom is -0.494 e. The molecular formula is C21H21N3O2S. The Morgan fingerprint density at radius 3 is 2.30 bits per heavy atom. The number of aliphatic imine (C=N–C) groups is 1. The van der Waals surface area contributed by atoms with Crippen LogP contribution in [0.25, 0.3) is 5.69 Å². The Labute approximate surface area is 162 Å². The number of nitrogens with zero attached hydrogens (tertiary/aromatic N) is 2. The fraction of sp³-hybridized carbons (Fsp3) is 0.190. The van der Waals surface area contributed by atoms with Gasteiger partial charge in [-0.3, -0.25) is 19.3 Å². The van der Waals surface area contributed by atoms with Crippen molar-refractivity contribution in [3.05, 3.63) is 80.3 Å². The van der Waals surface area contributed by atoms with Gasteiger partial charge in [-0.05, 0) is 48.3 Å². The van der Waals surface area contributed by atoms with Gasteiger partial charge in [0.15, 0.2) is 4.77 Å². The van der Waals surface area contributed by atoms with E-state index < -0.39 is 5.56 Å². The van der Waals surface area contributed by atoms with Crippen LogP contribution >= 0.6 is 12.2 Å². The van der Waals surface area contributed by atoms with Gasteiger partial charge in [-0.25, -0.2) is 0 Å². The third-order valence-electron chi connectivity index (χ3n) is 4.42. The van der Waals surface area contributed by atoms with E-state index in [1.807, 2.05) is 36.4 Å². The van der Waals surface area contributed by atoms with E-state index in [9.17, 15) is 9.90 Å². The van der Waals surface area contributed by atoms with Crippen molar-refractivity contribution in [2.24, 2.45) is 4.99 Å². The average molecular weight is 379 g/mol. The lowest BCUT2D eigenvalue weighted by Crippen LogP contribution is -2.18. The van der Waals surface area contributed by atoms with E-state index in [1.165, 1.54) is 10.8 Å². The Morgan fingerprint density at radius 2 is 1.70 bits per heavy atom.